The van der Waals surface area contributed by atoms with Crippen LogP contribution in [0, 0.1) is 5.92 Å². The van der Waals surface area contributed by atoms with Crippen molar-refractivity contribution >= 4 is 0 Å². The van der Waals surface area contributed by atoms with Crippen molar-refractivity contribution in [1.29, 1.82) is 0 Å². The van der Waals surface area contributed by atoms with Crippen molar-refractivity contribution in [2.45, 2.75) is 38.1 Å². The van der Waals surface area contributed by atoms with Gasteiger partial charge < -0.3 is 10.5 Å². The van der Waals surface area contributed by atoms with Crippen LogP contribution in [0.5, 0.6) is 5.75 Å². The molecule has 0 bridgehead atoms. The Balaban J connectivity index is 1.58. The quantitative estimate of drug-likeness (QED) is 0.904. The van der Waals surface area contributed by atoms with Crippen LogP contribution in [0.3, 0.4) is 0 Å². The normalized spacial score (nSPS) is 17.1. The molecule has 3 rings (SSSR count). The van der Waals surface area contributed by atoms with Crippen molar-refractivity contribution in [1.82, 2.24) is 4.98 Å². The predicted molar refractivity (Wildman–Crippen MR) is 88.8 cm³/mol. The van der Waals surface area contributed by atoms with Crippen molar-refractivity contribution in [3.63, 3.8) is 0 Å². The summed E-state index contributed by atoms with van der Waals surface area (Å²) in [5, 5.41) is 0. The minimum Gasteiger partial charge on any atom is -0.493 e. The summed E-state index contributed by atoms with van der Waals surface area (Å²) in [6, 6.07) is 11.9. The fourth-order valence-corrected chi connectivity index (χ4v) is 3.09. The van der Waals surface area contributed by atoms with Crippen LogP contribution in [-0.4, -0.2) is 11.6 Å². The van der Waals surface area contributed by atoms with Crippen molar-refractivity contribution in [2.75, 3.05) is 6.61 Å². The highest BCUT2D eigenvalue weighted by molar-refractivity contribution is 5.34. The lowest BCUT2D eigenvalue weighted by molar-refractivity contribution is 0.209. The van der Waals surface area contributed by atoms with Gasteiger partial charge in [-0.3, -0.25) is 4.98 Å². The highest BCUT2D eigenvalue weighted by atomic mass is 16.5. The Morgan fingerprint density at radius 1 is 1.05 bits per heavy atom. The van der Waals surface area contributed by atoms with E-state index in [1.807, 2.05) is 42.6 Å². The summed E-state index contributed by atoms with van der Waals surface area (Å²) in [4.78, 5) is 4.13. The third-order valence-electron chi connectivity index (χ3n) is 4.49. The maximum absolute atomic E-state index is 6.28. The average Bonchev–Trinajstić information content (AvgIpc) is 2.61. The van der Waals surface area contributed by atoms with E-state index in [0.29, 0.717) is 0 Å². The summed E-state index contributed by atoms with van der Waals surface area (Å²) in [6.07, 6.45) is 10.3. The van der Waals surface area contributed by atoms with E-state index >= 15 is 0 Å². The van der Waals surface area contributed by atoms with E-state index in [1.165, 1.54) is 32.1 Å². The van der Waals surface area contributed by atoms with Gasteiger partial charge in [0.25, 0.3) is 0 Å². The zero-order valence-corrected chi connectivity index (χ0v) is 12.9. The van der Waals surface area contributed by atoms with Crippen LogP contribution in [0.15, 0.2) is 48.8 Å². The topological polar surface area (TPSA) is 48.1 Å². The second kappa shape index (κ2) is 7.41. The van der Waals surface area contributed by atoms with Crippen LogP contribution in [0.2, 0.25) is 0 Å². The van der Waals surface area contributed by atoms with Crippen LogP contribution in [-0.2, 0) is 0 Å². The van der Waals surface area contributed by atoms with Crippen molar-refractivity contribution in [3.8, 4) is 5.75 Å². The van der Waals surface area contributed by atoms with E-state index in [1.54, 1.807) is 6.20 Å². The molecule has 3 nitrogen and oxygen atoms in total. The Labute approximate surface area is 132 Å². The molecule has 1 fully saturated rings. The minimum absolute atomic E-state index is 0.138. The maximum atomic E-state index is 6.28. The first kappa shape index (κ1) is 15.0. The van der Waals surface area contributed by atoms with E-state index in [0.717, 1.165) is 29.4 Å². The summed E-state index contributed by atoms with van der Waals surface area (Å²) in [5.41, 5.74) is 8.38. The summed E-state index contributed by atoms with van der Waals surface area (Å²) in [5.74, 6) is 1.67. The van der Waals surface area contributed by atoms with E-state index in [-0.39, 0.29) is 6.04 Å². The Hall–Kier alpha value is -1.87. The molecule has 0 spiro atoms. The number of nitrogens with two attached hydrogens (primary N) is 1. The zero-order valence-electron chi connectivity index (χ0n) is 12.9. The van der Waals surface area contributed by atoms with Gasteiger partial charge in [-0.05, 0) is 48.1 Å². The summed E-state index contributed by atoms with van der Waals surface area (Å²) >= 11 is 0. The van der Waals surface area contributed by atoms with Gasteiger partial charge in [0.15, 0.2) is 0 Å². The Bertz CT molecular complexity index is 562. The van der Waals surface area contributed by atoms with E-state index in [9.17, 15) is 0 Å². The summed E-state index contributed by atoms with van der Waals surface area (Å²) in [7, 11) is 0. The molecule has 1 atom stereocenters. The highest BCUT2D eigenvalue weighted by Gasteiger charge is 2.14. The zero-order chi connectivity index (χ0) is 15.2. The van der Waals surface area contributed by atoms with Gasteiger partial charge in [0, 0.05) is 12.4 Å². The molecule has 22 heavy (non-hydrogen) atoms. The number of hydrogen-bond acceptors (Lipinski definition) is 3. The number of ether oxygens (including phenoxy) is 1. The van der Waals surface area contributed by atoms with E-state index < -0.39 is 0 Å². The van der Waals surface area contributed by atoms with E-state index in [4.69, 9.17) is 10.5 Å². The monoisotopic (exact) mass is 296 g/mol. The first-order valence-electron chi connectivity index (χ1n) is 8.21. The first-order chi connectivity index (χ1) is 10.8. The number of rotatable bonds is 5. The molecule has 1 aliphatic rings. The molecule has 1 aliphatic carbocycles. The van der Waals surface area contributed by atoms with E-state index in [2.05, 4.69) is 4.98 Å². The van der Waals surface area contributed by atoms with Crippen LogP contribution in [0.1, 0.15) is 49.3 Å². The van der Waals surface area contributed by atoms with Gasteiger partial charge in [-0.15, -0.1) is 0 Å². The molecular formula is C19H24N2O. The van der Waals surface area contributed by atoms with Crippen LogP contribution >= 0.6 is 0 Å². The molecule has 2 N–H and O–H groups in total. The lowest BCUT2D eigenvalue weighted by Crippen LogP contribution is -2.15. The molecule has 1 saturated carbocycles. The number of pyridine rings is 1. The molecule has 2 aromatic rings. The maximum Gasteiger partial charge on any atom is 0.119 e. The molecule has 1 heterocycles. The Morgan fingerprint density at radius 2 is 1.82 bits per heavy atom. The largest absolute Gasteiger partial charge is 0.493 e. The Morgan fingerprint density at radius 3 is 2.50 bits per heavy atom. The molecule has 0 saturated heterocycles. The second-order valence-electron chi connectivity index (χ2n) is 6.15. The molecule has 0 amide bonds. The third-order valence-corrected chi connectivity index (χ3v) is 4.49. The number of nitrogens with zero attached hydrogens (tertiary/aromatic N) is 1. The fraction of sp³-hybridized carbons (Fsp3) is 0.421. The van der Waals surface area contributed by atoms with Crippen LogP contribution in [0.4, 0.5) is 0 Å². The lowest BCUT2D eigenvalue weighted by Gasteiger charge is -2.21. The van der Waals surface area contributed by atoms with Gasteiger partial charge in [-0.1, -0.05) is 37.5 Å². The van der Waals surface area contributed by atoms with Gasteiger partial charge >= 0.3 is 0 Å². The fourth-order valence-electron chi connectivity index (χ4n) is 3.09. The lowest BCUT2D eigenvalue weighted by atomic mass is 9.90. The van der Waals surface area contributed by atoms with Crippen LogP contribution in [0.25, 0.3) is 0 Å². The summed E-state index contributed by atoms with van der Waals surface area (Å²) < 4.78 is 5.93. The number of aromatic nitrogens is 1. The average molecular weight is 296 g/mol. The molecule has 1 unspecified atom stereocenters. The van der Waals surface area contributed by atoms with Gasteiger partial charge in [0.1, 0.15) is 5.75 Å². The second-order valence-corrected chi connectivity index (χ2v) is 6.15. The Kier molecular flexibility index (Phi) is 5.07. The van der Waals surface area contributed by atoms with Gasteiger partial charge in [-0.25, -0.2) is 0 Å². The highest BCUT2D eigenvalue weighted by Crippen LogP contribution is 2.25. The number of benzene rings is 1. The molecule has 0 radical (unpaired) electrons. The van der Waals surface area contributed by atoms with Crippen molar-refractivity contribution in [3.05, 3.63) is 59.9 Å². The molecular weight excluding hydrogens is 272 g/mol. The molecule has 1 aromatic carbocycles. The summed E-state index contributed by atoms with van der Waals surface area (Å²) in [6.45, 7) is 0.841. The van der Waals surface area contributed by atoms with Gasteiger partial charge in [0.2, 0.25) is 0 Å². The van der Waals surface area contributed by atoms with Crippen molar-refractivity contribution < 1.29 is 4.74 Å². The predicted octanol–water partition coefficient (Wildman–Crippen LogP) is 4.09. The number of hydrogen-bond donors (Lipinski definition) is 1. The SMILES string of the molecule is NC(c1ccc(OCC2CCCCC2)cc1)c1cccnc1. The molecule has 0 aliphatic heterocycles. The minimum atomic E-state index is -0.138. The molecule has 116 valence electrons. The van der Waals surface area contributed by atoms with Gasteiger partial charge in [0.05, 0.1) is 12.6 Å². The first-order valence-corrected chi connectivity index (χ1v) is 8.21. The molecule has 1 aromatic heterocycles. The van der Waals surface area contributed by atoms with Crippen LogP contribution < -0.4 is 10.5 Å². The smallest absolute Gasteiger partial charge is 0.119 e. The standard InChI is InChI=1S/C19H24N2O/c20-19(17-7-4-12-21-13-17)16-8-10-18(11-9-16)22-14-15-5-2-1-3-6-15/h4,7-13,15,19H,1-3,5-6,14,20H2. The third kappa shape index (κ3) is 3.86. The molecule has 3 heteroatoms. The van der Waals surface area contributed by atoms with Crippen molar-refractivity contribution in [2.24, 2.45) is 11.7 Å². The van der Waals surface area contributed by atoms with Gasteiger partial charge in [-0.2, -0.15) is 0 Å².